The van der Waals surface area contributed by atoms with Crippen LogP contribution in [0.15, 0.2) is 41.6 Å². The van der Waals surface area contributed by atoms with Gasteiger partial charge >= 0.3 is 0 Å². The number of fused-ring (bicyclic) bond motifs is 1. The van der Waals surface area contributed by atoms with Gasteiger partial charge in [-0.25, -0.2) is 4.98 Å². The van der Waals surface area contributed by atoms with Gasteiger partial charge in [0.2, 0.25) is 5.65 Å². The minimum Gasteiger partial charge on any atom is -0.352 e. The Bertz CT molecular complexity index is 823. The van der Waals surface area contributed by atoms with Gasteiger partial charge in [-0.15, -0.1) is 22.0 Å². The van der Waals surface area contributed by atoms with E-state index in [0.29, 0.717) is 5.92 Å². The van der Waals surface area contributed by atoms with Crippen LogP contribution in [0.4, 0.5) is 5.82 Å². The van der Waals surface area contributed by atoms with Crippen LogP contribution in [0, 0.1) is 0 Å². The van der Waals surface area contributed by atoms with Crippen molar-refractivity contribution in [3.05, 3.63) is 48.0 Å². The zero-order valence-electron chi connectivity index (χ0n) is 13.3. The van der Waals surface area contributed by atoms with E-state index in [4.69, 9.17) is 0 Å². The molecule has 1 aliphatic rings. The molecule has 0 amide bonds. The Hall–Kier alpha value is -2.08. The van der Waals surface area contributed by atoms with Crippen molar-refractivity contribution < 1.29 is 0 Å². The number of rotatable bonds is 5. The van der Waals surface area contributed by atoms with Gasteiger partial charge in [0.1, 0.15) is 5.82 Å². The van der Waals surface area contributed by atoms with Gasteiger partial charge in [-0.1, -0.05) is 12.1 Å². The molecule has 0 saturated heterocycles. The number of benzene rings is 1. The van der Waals surface area contributed by atoms with Crippen molar-refractivity contribution in [3.8, 4) is 0 Å². The minimum absolute atomic E-state index is 0.574. The number of anilines is 1. The summed E-state index contributed by atoms with van der Waals surface area (Å²) in [7, 11) is 2.05. The second kappa shape index (κ2) is 5.85. The van der Waals surface area contributed by atoms with E-state index in [0.717, 1.165) is 23.8 Å². The maximum absolute atomic E-state index is 4.53. The van der Waals surface area contributed by atoms with Crippen LogP contribution in [-0.4, -0.2) is 32.9 Å². The normalized spacial score (nSPS) is 14.3. The van der Waals surface area contributed by atoms with Crippen LogP contribution in [0.25, 0.3) is 5.65 Å². The van der Waals surface area contributed by atoms with Crippen molar-refractivity contribution in [2.45, 2.75) is 30.2 Å². The van der Waals surface area contributed by atoms with Crippen molar-refractivity contribution in [1.29, 1.82) is 0 Å². The molecular weight excluding hydrogens is 306 g/mol. The van der Waals surface area contributed by atoms with E-state index in [1.54, 1.807) is 11.8 Å². The summed E-state index contributed by atoms with van der Waals surface area (Å²) < 4.78 is 2.09. The zero-order valence-corrected chi connectivity index (χ0v) is 14.1. The van der Waals surface area contributed by atoms with Crippen LogP contribution >= 0.6 is 11.8 Å². The lowest BCUT2D eigenvalue weighted by molar-refractivity contribution is 0.877. The zero-order chi connectivity index (χ0) is 15.8. The summed E-state index contributed by atoms with van der Waals surface area (Å²) in [4.78, 5) is 7.94. The number of nitrogens with zero attached hydrogens (tertiary/aromatic N) is 5. The van der Waals surface area contributed by atoms with E-state index < -0.39 is 0 Å². The lowest BCUT2D eigenvalue weighted by atomic mass is 10.2. The van der Waals surface area contributed by atoms with E-state index in [-0.39, 0.29) is 0 Å². The van der Waals surface area contributed by atoms with E-state index >= 15 is 0 Å². The highest BCUT2D eigenvalue weighted by Crippen LogP contribution is 2.39. The molecule has 2 heterocycles. The molecule has 0 unspecified atom stereocenters. The van der Waals surface area contributed by atoms with Crippen molar-refractivity contribution in [3.63, 3.8) is 0 Å². The summed E-state index contributed by atoms with van der Waals surface area (Å²) in [6.45, 7) is 0.799. The molecule has 0 radical (unpaired) electrons. The molecule has 0 aliphatic heterocycles. The molecule has 0 N–H and O–H groups in total. The molecule has 1 aromatic carbocycles. The van der Waals surface area contributed by atoms with Crippen molar-refractivity contribution in [1.82, 2.24) is 19.6 Å². The topological polar surface area (TPSA) is 46.3 Å². The van der Waals surface area contributed by atoms with E-state index in [9.17, 15) is 0 Å². The smallest absolute Gasteiger partial charge is 0.203 e. The third-order valence-electron chi connectivity index (χ3n) is 4.22. The van der Waals surface area contributed by atoms with Crippen LogP contribution in [0.3, 0.4) is 0 Å². The third kappa shape index (κ3) is 2.79. The Kier molecular flexibility index (Phi) is 3.69. The third-order valence-corrected chi connectivity index (χ3v) is 4.96. The monoisotopic (exact) mass is 325 g/mol. The molecule has 5 nitrogen and oxygen atoms in total. The first-order valence-electron chi connectivity index (χ1n) is 7.80. The summed E-state index contributed by atoms with van der Waals surface area (Å²) in [5.74, 6) is 2.52. The van der Waals surface area contributed by atoms with Crippen LogP contribution in [0.1, 0.15) is 30.1 Å². The van der Waals surface area contributed by atoms with E-state index in [1.807, 2.05) is 12.4 Å². The lowest BCUT2D eigenvalue weighted by Crippen LogP contribution is -2.18. The fourth-order valence-corrected chi connectivity index (χ4v) is 3.21. The first-order chi connectivity index (χ1) is 11.3. The number of hydrogen-bond acceptors (Lipinski definition) is 5. The maximum Gasteiger partial charge on any atom is 0.203 e. The van der Waals surface area contributed by atoms with Gasteiger partial charge in [-0.05, 0) is 36.8 Å². The van der Waals surface area contributed by atoms with Gasteiger partial charge in [0.15, 0.2) is 5.82 Å². The molecule has 3 aromatic rings. The fourth-order valence-electron chi connectivity index (χ4n) is 2.80. The average Bonchev–Trinajstić information content (AvgIpc) is 3.34. The van der Waals surface area contributed by atoms with E-state index in [1.165, 1.54) is 23.3 Å². The highest BCUT2D eigenvalue weighted by Gasteiger charge is 2.29. The van der Waals surface area contributed by atoms with Crippen LogP contribution in [0.5, 0.6) is 0 Å². The summed E-state index contributed by atoms with van der Waals surface area (Å²) in [5.41, 5.74) is 2.11. The maximum atomic E-state index is 4.53. The fraction of sp³-hybridized carbons (Fsp3) is 0.353. The van der Waals surface area contributed by atoms with Gasteiger partial charge in [-0.2, -0.15) is 0 Å². The first kappa shape index (κ1) is 14.5. The predicted octanol–water partition coefficient (Wildman–Crippen LogP) is 3.36. The van der Waals surface area contributed by atoms with Gasteiger partial charge in [-0.3, -0.25) is 4.40 Å². The average molecular weight is 325 g/mol. The Morgan fingerprint density at radius 3 is 2.70 bits per heavy atom. The predicted molar refractivity (Wildman–Crippen MR) is 93.1 cm³/mol. The van der Waals surface area contributed by atoms with Crippen molar-refractivity contribution in [2.24, 2.45) is 0 Å². The van der Waals surface area contributed by atoms with Gasteiger partial charge in [0, 0.05) is 36.8 Å². The molecule has 118 valence electrons. The highest BCUT2D eigenvalue weighted by atomic mass is 32.2. The number of thioether (sulfide) groups is 1. The molecule has 1 saturated carbocycles. The molecule has 2 aromatic heterocycles. The molecule has 23 heavy (non-hydrogen) atoms. The van der Waals surface area contributed by atoms with Gasteiger partial charge in [0.25, 0.3) is 0 Å². The quantitative estimate of drug-likeness (QED) is 0.673. The second-order valence-corrected chi connectivity index (χ2v) is 6.86. The summed E-state index contributed by atoms with van der Waals surface area (Å²) in [6, 6.07) is 8.65. The molecule has 1 aliphatic carbocycles. The Balaban J connectivity index is 1.62. The van der Waals surface area contributed by atoms with Crippen LogP contribution in [-0.2, 0) is 6.54 Å². The van der Waals surface area contributed by atoms with E-state index in [2.05, 4.69) is 62.1 Å². The Labute approximate surface area is 139 Å². The van der Waals surface area contributed by atoms with Crippen molar-refractivity contribution >= 4 is 23.2 Å². The standard InChI is InChI=1S/C17H19N5S/c1-21(11-12-3-7-14(23-2)8-4-12)16-17-20-19-15(13-5-6-13)22(17)10-9-18-16/h3-4,7-10,13H,5-6,11H2,1-2H3. The molecule has 0 atom stereocenters. The SMILES string of the molecule is CSc1ccc(CN(C)c2nccn3c(C4CC4)nnc23)cc1. The summed E-state index contributed by atoms with van der Waals surface area (Å²) >= 11 is 1.76. The molecular formula is C17H19N5S. The Morgan fingerprint density at radius 1 is 1.22 bits per heavy atom. The number of hydrogen-bond donors (Lipinski definition) is 0. The molecule has 0 spiro atoms. The van der Waals surface area contributed by atoms with Crippen LogP contribution < -0.4 is 4.90 Å². The molecule has 0 bridgehead atoms. The lowest BCUT2D eigenvalue weighted by Gasteiger charge is -2.18. The minimum atomic E-state index is 0.574. The first-order valence-corrected chi connectivity index (χ1v) is 9.02. The summed E-state index contributed by atoms with van der Waals surface area (Å²) in [6.07, 6.45) is 8.33. The largest absolute Gasteiger partial charge is 0.352 e. The molecule has 1 fully saturated rings. The summed E-state index contributed by atoms with van der Waals surface area (Å²) in [5, 5.41) is 8.75. The van der Waals surface area contributed by atoms with Gasteiger partial charge < -0.3 is 4.90 Å². The Morgan fingerprint density at radius 2 is 2.00 bits per heavy atom. The highest BCUT2D eigenvalue weighted by molar-refractivity contribution is 7.98. The van der Waals surface area contributed by atoms with Gasteiger partial charge in [0.05, 0.1) is 0 Å². The second-order valence-electron chi connectivity index (χ2n) is 5.98. The number of aromatic nitrogens is 4. The molecule has 6 heteroatoms. The van der Waals surface area contributed by atoms with Crippen molar-refractivity contribution in [2.75, 3.05) is 18.2 Å². The molecule has 4 rings (SSSR count). The van der Waals surface area contributed by atoms with Crippen LogP contribution in [0.2, 0.25) is 0 Å².